The highest BCUT2D eigenvalue weighted by atomic mass is 16.2. The zero-order valence-electron chi connectivity index (χ0n) is 13.0. The number of carbonyl (C=O) groups excluding carboxylic acids is 1. The third kappa shape index (κ3) is 1.89. The Morgan fingerprint density at radius 2 is 1.68 bits per heavy atom. The lowest BCUT2D eigenvalue weighted by Crippen LogP contribution is -2.56. The largest absolute Gasteiger partial charge is 0.346 e. The zero-order valence-corrected chi connectivity index (χ0v) is 13.0. The number of rotatable bonds is 2. The van der Waals surface area contributed by atoms with Gasteiger partial charge in [-0.05, 0) is 57.2 Å². The maximum atomic E-state index is 12.7. The van der Waals surface area contributed by atoms with Crippen molar-refractivity contribution in [3.63, 3.8) is 0 Å². The Bertz CT molecular complexity index is 524. The molecule has 1 aliphatic rings. The van der Waals surface area contributed by atoms with Gasteiger partial charge in [-0.15, -0.1) is 0 Å². The molecule has 1 N–H and O–H groups in total. The number of amides is 1. The molecule has 1 aliphatic heterocycles. The van der Waals surface area contributed by atoms with Gasteiger partial charge in [-0.25, -0.2) is 0 Å². The molecule has 0 saturated carbocycles. The molecule has 2 nitrogen and oxygen atoms in total. The van der Waals surface area contributed by atoms with Gasteiger partial charge < -0.3 is 5.32 Å². The summed E-state index contributed by atoms with van der Waals surface area (Å²) in [4.78, 5) is 12.7. The van der Waals surface area contributed by atoms with E-state index in [1.54, 1.807) is 0 Å². The molecule has 104 valence electrons. The molecule has 0 saturated heterocycles. The van der Waals surface area contributed by atoms with Crippen molar-refractivity contribution in [1.29, 1.82) is 0 Å². The van der Waals surface area contributed by atoms with E-state index in [4.69, 9.17) is 0 Å². The van der Waals surface area contributed by atoms with Gasteiger partial charge in [0.05, 0.1) is 11.0 Å². The number of hydrogen-bond donors (Lipinski definition) is 1. The first kappa shape index (κ1) is 14.1. The highest BCUT2D eigenvalue weighted by molar-refractivity contribution is 5.91. The van der Waals surface area contributed by atoms with E-state index in [-0.39, 0.29) is 16.9 Å². The first-order valence-corrected chi connectivity index (χ1v) is 7.23. The molecule has 0 fully saturated rings. The molecule has 0 aromatic heterocycles. The van der Waals surface area contributed by atoms with Gasteiger partial charge in [0, 0.05) is 0 Å². The van der Waals surface area contributed by atoms with Gasteiger partial charge in [-0.1, -0.05) is 31.5 Å². The second kappa shape index (κ2) is 4.36. The summed E-state index contributed by atoms with van der Waals surface area (Å²) in [5, 5.41) is 3.23. The fraction of sp³-hybridized carbons (Fsp3) is 0.588. The van der Waals surface area contributed by atoms with E-state index in [0.717, 1.165) is 12.8 Å². The van der Waals surface area contributed by atoms with Crippen molar-refractivity contribution < 1.29 is 4.79 Å². The van der Waals surface area contributed by atoms with Crippen LogP contribution in [-0.4, -0.2) is 5.91 Å². The summed E-state index contributed by atoms with van der Waals surface area (Å²) in [5.41, 5.74) is 4.43. The second-order valence-corrected chi connectivity index (χ2v) is 6.37. The van der Waals surface area contributed by atoms with E-state index in [0.29, 0.717) is 0 Å². The predicted molar refractivity (Wildman–Crippen MR) is 79.3 cm³/mol. The van der Waals surface area contributed by atoms with Gasteiger partial charge in [0.1, 0.15) is 0 Å². The van der Waals surface area contributed by atoms with Crippen LogP contribution in [0.4, 0.5) is 0 Å². The van der Waals surface area contributed by atoms with Crippen LogP contribution >= 0.6 is 0 Å². The molecule has 0 aliphatic carbocycles. The molecule has 1 heterocycles. The van der Waals surface area contributed by atoms with Crippen LogP contribution in [0.25, 0.3) is 0 Å². The van der Waals surface area contributed by atoms with Crippen LogP contribution in [0.3, 0.4) is 0 Å². The summed E-state index contributed by atoms with van der Waals surface area (Å²) in [6.07, 6.45) is 1.70. The normalized spacial score (nSPS) is 19.8. The standard InChI is InChI=1S/C17H25NO/c1-7-17(8-2)13-10-11(3)9-12(4)14(13)16(5,6)18-15(17)19/h9-10H,7-8H2,1-6H3,(H,18,19). The number of hydrogen-bond acceptors (Lipinski definition) is 1. The molecule has 0 unspecified atom stereocenters. The quantitative estimate of drug-likeness (QED) is 0.861. The lowest BCUT2D eigenvalue weighted by Gasteiger charge is -2.45. The summed E-state index contributed by atoms with van der Waals surface area (Å²) >= 11 is 0. The predicted octanol–water partition coefficient (Wildman–Crippen LogP) is 3.73. The number of fused-ring (bicyclic) bond motifs is 1. The van der Waals surface area contributed by atoms with Gasteiger partial charge in [-0.3, -0.25) is 4.79 Å². The monoisotopic (exact) mass is 259 g/mol. The van der Waals surface area contributed by atoms with Crippen LogP contribution in [-0.2, 0) is 15.7 Å². The second-order valence-electron chi connectivity index (χ2n) is 6.37. The molecule has 1 amide bonds. The Balaban J connectivity index is 2.83. The topological polar surface area (TPSA) is 29.1 Å². The van der Waals surface area contributed by atoms with Gasteiger partial charge in [0.15, 0.2) is 0 Å². The lowest BCUT2D eigenvalue weighted by atomic mass is 9.65. The summed E-state index contributed by atoms with van der Waals surface area (Å²) in [6, 6.07) is 4.43. The summed E-state index contributed by atoms with van der Waals surface area (Å²) in [6.45, 7) is 12.7. The van der Waals surface area contributed by atoms with Crippen molar-refractivity contribution in [2.45, 2.75) is 65.3 Å². The average Bonchev–Trinajstić information content (AvgIpc) is 2.28. The molecule has 0 radical (unpaired) electrons. The van der Waals surface area contributed by atoms with Gasteiger partial charge in [0.2, 0.25) is 5.91 Å². The summed E-state index contributed by atoms with van der Waals surface area (Å²) in [5.74, 6) is 0.181. The van der Waals surface area contributed by atoms with E-state index in [1.165, 1.54) is 22.3 Å². The average molecular weight is 259 g/mol. The SMILES string of the molecule is CCC1(CC)C(=O)NC(C)(C)c2c(C)cc(C)cc21. The lowest BCUT2D eigenvalue weighted by molar-refractivity contribution is -0.130. The van der Waals surface area contributed by atoms with E-state index >= 15 is 0 Å². The minimum Gasteiger partial charge on any atom is -0.346 e. The van der Waals surface area contributed by atoms with E-state index in [2.05, 4.69) is 59.0 Å². The highest BCUT2D eigenvalue weighted by Crippen LogP contribution is 2.44. The molecular formula is C17H25NO. The third-order valence-corrected chi connectivity index (χ3v) is 4.69. The van der Waals surface area contributed by atoms with Crippen LogP contribution < -0.4 is 5.32 Å². The molecule has 1 aromatic carbocycles. The first-order chi connectivity index (χ1) is 8.78. The van der Waals surface area contributed by atoms with E-state index < -0.39 is 0 Å². The summed E-state index contributed by atoms with van der Waals surface area (Å²) in [7, 11) is 0. The molecule has 0 bridgehead atoms. The van der Waals surface area contributed by atoms with Crippen LogP contribution in [0.1, 0.15) is 62.8 Å². The van der Waals surface area contributed by atoms with Crippen LogP contribution in [0.2, 0.25) is 0 Å². The highest BCUT2D eigenvalue weighted by Gasteiger charge is 2.47. The van der Waals surface area contributed by atoms with Crippen LogP contribution in [0, 0.1) is 13.8 Å². The van der Waals surface area contributed by atoms with Crippen molar-refractivity contribution >= 4 is 5.91 Å². The Kier molecular flexibility index (Phi) is 3.24. The maximum absolute atomic E-state index is 12.7. The smallest absolute Gasteiger partial charge is 0.231 e. The van der Waals surface area contributed by atoms with E-state index in [1.807, 2.05) is 0 Å². The minimum atomic E-state index is -0.359. The first-order valence-electron chi connectivity index (χ1n) is 7.23. The van der Waals surface area contributed by atoms with Gasteiger partial charge in [-0.2, -0.15) is 0 Å². The minimum absolute atomic E-state index is 0.181. The fourth-order valence-corrected chi connectivity index (χ4v) is 3.71. The van der Waals surface area contributed by atoms with Crippen molar-refractivity contribution in [3.05, 3.63) is 34.4 Å². The zero-order chi connectivity index (χ0) is 14.4. The Morgan fingerprint density at radius 3 is 2.21 bits per heavy atom. The number of carbonyl (C=O) groups is 1. The molecule has 1 aromatic rings. The van der Waals surface area contributed by atoms with Gasteiger partial charge >= 0.3 is 0 Å². The Morgan fingerprint density at radius 1 is 1.11 bits per heavy atom. The molecule has 2 heteroatoms. The van der Waals surface area contributed by atoms with Crippen LogP contribution in [0.5, 0.6) is 0 Å². The van der Waals surface area contributed by atoms with Crippen LogP contribution in [0.15, 0.2) is 12.1 Å². The van der Waals surface area contributed by atoms with Crippen molar-refractivity contribution in [2.75, 3.05) is 0 Å². The molecule has 0 spiro atoms. The number of benzene rings is 1. The maximum Gasteiger partial charge on any atom is 0.231 e. The molecular weight excluding hydrogens is 234 g/mol. The Labute approximate surface area is 116 Å². The van der Waals surface area contributed by atoms with Crippen molar-refractivity contribution in [2.24, 2.45) is 0 Å². The van der Waals surface area contributed by atoms with E-state index in [9.17, 15) is 4.79 Å². The summed E-state index contributed by atoms with van der Waals surface area (Å²) < 4.78 is 0. The fourth-order valence-electron chi connectivity index (χ4n) is 3.71. The van der Waals surface area contributed by atoms with Crippen molar-refractivity contribution in [1.82, 2.24) is 5.32 Å². The van der Waals surface area contributed by atoms with Gasteiger partial charge in [0.25, 0.3) is 0 Å². The number of aryl methyl sites for hydroxylation is 2. The third-order valence-electron chi connectivity index (χ3n) is 4.69. The molecule has 0 atom stereocenters. The molecule has 19 heavy (non-hydrogen) atoms. The Hall–Kier alpha value is -1.31. The van der Waals surface area contributed by atoms with Crippen molar-refractivity contribution in [3.8, 4) is 0 Å². The number of nitrogens with one attached hydrogen (secondary N) is 1. The molecule has 2 rings (SSSR count).